The van der Waals surface area contributed by atoms with Crippen LogP contribution in [0.4, 0.5) is 5.69 Å². The van der Waals surface area contributed by atoms with Crippen LogP contribution >= 0.6 is 0 Å². The van der Waals surface area contributed by atoms with Crippen molar-refractivity contribution in [3.8, 4) is 0 Å². The maximum atomic E-state index is 11.9. The molecule has 0 aromatic heterocycles. The van der Waals surface area contributed by atoms with Crippen molar-refractivity contribution in [1.82, 2.24) is 0 Å². The normalized spacial score (nSPS) is 16.6. The van der Waals surface area contributed by atoms with Crippen LogP contribution in [0.15, 0.2) is 30.3 Å². The minimum Gasteiger partial charge on any atom is -0.326 e. The Morgan fingerprint density at radius 2 is 1.94 bits per heavy atom. The second-order valence-corrected chi connectivity index (χ2v) is 3.32. The van der Waals surface area contributed by atoms with Gasteiger partial charge in [-0.2, -0.15) is 0 Å². The van der Waals surface area contributed by atoms with Gasteiger partial charge in [-0.05, 0) is 18.2 Å². The van der Waals surface area contributed by atoms with Gasteiger partial charge in [-0.25, -0.2) is 0 Å². The van der Waals surface area contributed by atoms with Crippen molar-refractivity contribution < 1.29 is 17.1 Å². The lowest BCUT2D eigenvalue weighted by molar-refractivity contribution is -0.114. The molecule has 1 aromatic carbocycles. The molecule has 1 aliphatic rings. The summed E-state index contributed by atoms with van der Waals surface area (Å²) in [4.78, 5) is 34.7. The quantitative estimate of drug-likeness (QED) is 0.776. The Bertz CT molecular complexity index is 620. The summed E-state index contributed by atoms with van der Waals surface area (Å²) in [7, 11) is 0. The largest absolute Gasteiger partial charge is 0.326 e. The number of ketones is 2. The molecule has 1 aromatic rings. The number of nitrogens with one attached hydrogen (secondary N) is 1. The fourth-order valence-electron chi connectivity index (χ4n) is 1.52. The number of fused-ring (bicyclic) bond motifs is 1. The van der Waals surface area contributed by atoms with E-state index in [9.17, 15) is 14.4 Å². The third-order valence-corrected chi connectivity index (χ3v) is 2.14. The summed E-state index contributed by atoms with van der Waals surface area (Å²) in [6.45, 7) is 1.28. The third-order valence-electron chi connectivity index (χ3n) is 2.14. The van der Waals surface area contributed by atoms with Crippen molar-refractivity contribution in [1.29, 1.82) is 0 Å². The second kappa shape index (κ2) is 3.73. The topological polar surface area (TPSA) is 63.2 Å². The number of benzene rings is 1. The van der Waals surface area contributed by atoms with Gasteiger partial charge >= 0.3 is 0 Å². The van der Waals surface area contributed by atoms with Crippen molar-refractivity contribution in [3.05, 3.63) is 41.4 Å². The number of anilines is 1. The highest BCUT2D eigenvalue weighted by Gasteiger charge is 2.22. The summed E-state index contributed by atoms with van der Waals surface area (Å²) in [5.41, 5.74) is 0.224. The van der Waals surface area contributed by atoms with E-state index in [1.807, 2.05) is 0 Å². The van der Waals surface area contributed by atoms with Crippen LogP contribution in [-0.4, -0.2) is 17.5 Å². The summed E-state index contributed by atoms with van der Waals surface area (Å²) < 4.78 is 14.8. The number of hydrogen-bond donors (Lipinski definition) is 1. The zero-order chi connectivity index (χ0) is 13.4. The molecular formula is C12H9NO3. The fraction of sp³-hybridized carbons (Fsp3) is 0.0833. The number of rotatable bonds is 1. The minimum absolute atomic E-state index is 0.0151. The minimum atomic E-state index is -0.723. The zero-order valence-corrected chi connectivity index (χ0v) is 8.46. The molecule has 0 saturated carbocycles. The SMILES string of the molecule is [2H]C1=C([2H])C(=O)c2c(NC(C)=O)cccc2C1=O. The molecule has 0 atom stereocenters. The molecular weight excluding hydrogens is 206 g/mol. The molecule has 0 saturated heterocycles. The van der Waals surface area contributed by atoms with E-state index >= 15 is 0 Å². The molecule has 0 unspecified atom stereocenters. The first-order chi connectivity index (χ1) is 8.43. The lowest BCUT2D eigenvalue weighted by atomic mass is 9.93. The molecule has 4 heteroatoms. The molecule has 2 rings (SSSR count). The van der Waals surface area contributed by atoms with Crippen LogP contribution in [0, 0.1) is 0 Å². The predicted molar refractivity (Wildman–Crippen MR) is 58.5 cm³/mol. The van der Waals surface area contributed by atoms with Crippen molar-refractivity contribution >= 4 is 23.2 Å². The highest BCUT2D eigenvalue weighted by Crippen LogP contribution is 2.24. The van der Waals surface area contributed by atoms with Gasteiger partial charge in [0.15, 0.2) is 11.6 Å². The summed E-state index contributed by atoms with van der Waals surface area (Å²) in [6.07, 6.45) is 0. The standard InChI is InChI=1S/C12H9NO3/c1-7(14)13-9-4-2-3-8-10(15)5-6-11(16)12(8)9/h2-6H,1H3,(H,13,14)/i5D,6D. The molecule has 16 heavy (non-hydrogen) atoms. The lowest BCUT2D eigenvalue weighted by Crippen LogP contribution is -2.16. The average Bonchev–Trinajstić information content (AvgIpc) is 2.32. The maximum absolute atomic E-state index is 11.9. The van der Waals surface area contributed by atoms with Gasteiger partial charge in [0, 0.05) is 12.5 Å². The number of carbonyl (C=O) groups excluding carboxylic acids is 3. The maximum Gasteiger partial charge on any atom is 0.221 e. The molecule has 4 nitrogen and oxygen atoms in total. The summed E-state index contributed by atoms with van der Waals surface area (Å²) >= 11 is 0. The van der Waals surface area contributed by atoms with Crippen molar-refractivity contribution in [2.75, 3.05) is 5.32 Å². The van der Waals surface area contributed by atoms with E-state index in [0.29, 0.717) is 0 Å². The summed E-state index contributed by atoms with van der Waals surface area (Å²) in [5, 5.41) is 2.44. The molecule has 0 fully saturated rings. The summed E-state index contributed by atoms with van der Waals surface area (Å²) in [5.74, 6) is -1.78. The van der Waals surface area contributed by atoms with Crippen LogP contribution in [0.2, 0.25) is 0 Å². The lowest BCUT2D eigenvalue weighted by Gasteiger charge is -2.13. The van der Waals surface area contributed by atoms with E-state index in [1.54, 1.807) is 0 Å². The van der Waals surface area contributed by atoms with Crippen LogP contribution in [-0.2, 0) is 4.79 Å². The third kappa shape index (κ3) is 1.65. The molecule has 1 N–H and O–H groups in total. The Morgan fingerprint density at radius 3 is 2.62 bits per heavy atom. The number of allylic oxidation sites excluding steroid dienone is 2. The van der Waals surface area contributed by atoms with E-state index < -0.39 is 23.7 Å². The number of carbonyl (C=O) groups is 3. The van der Waals surface area contributed by atoms with Gasteiger partial charge in [-0.1, -0.05) is 12.1 Å². The highest BCUT2D eigenvalue weighted by atomic mass is 16.2. The van der Waals surface area contributed by atoms with Crippen molar-refractivity contribution in [2.45, 2.75) is 6.92 Å². The first kappa shape index (κ1) is 7.98. The summed E-state index contributed by atoms with van der Waals surface area (Å²) in [6, 6.07) is 3.13. The smallest absolute Gasteiger partial charge is 0.221 e. The van der Waals surface area contributed by atoms with Gasteiger partial charge in [0.05, 0.1) is 14.0 Å². The Labute approximate surface area is 94.8 Å². The fourth-order valence-corrected chi connectivity index (χ4v) is 1.52. The molecule has 1 aliphatic carbocycles. The Hall–Kier alpha value is -2.23. The van der Waals surface area contributed by atoms with Crippen LogP contribution in [0.25, 0.3) is 0 Å². The first-order valence-electron chi connectivity index (χ1n) is 5.61. The van der Waals surface area contributed by atoms with Crippen molar-refractivity contribution in [3.63, 3.8) is 0 Å². The van der Waals surface area contributed by atoms with Gasteiger partial charge in [-0.3, -0.25) is 14.4 Å². The van der Waals surface area contributed by atoms with Gasteiger partial charge in [0.25, 0.3) is 0 Å². The van der Waals surface area contributed by atoms with E-state index in [0.717, 1.165) is 0 Å². The highest BCUT2D eigenvalue weighted by molar-refractivity contribution is 6.24. The van der Waals surface area contributed by atoms with Gasteiger partial charge in [-0.15, -0.1) is 0 Å². The molecule has 0 radical (unpaired) electrons. The second-order valence-electron chi connectivity index (χ2n) is 3.32. The molecule has 80 valence electrons. The van der Waals surface area contributed by atoms with E-state index in [2.05, 4.69) is 5.32 Å². The Balaban J connectivity index is 2.67. The van der Waals surface area contributed by atoms with Crippen LogP contribution < -0.4 is 5.32 Å². The average molecular weight is 217 g/mol. The van der Waals surface area contributed by atoms with Gasteiger partial charge in [0.1, 0.15) is 0 Å². The number of hydrogen-bond acceptors (Lipinski definition) is 3. The molecule has 0 aliphatic heterocycles. The van der Waals surface area contributed by atoms with Crippen LogP contribution in [0.5, 0.6) is 0 Å². The number of amides is 1. The Kier molecular flexibility index (Phi) is 1.86. The van der Waals surface area contributed by atoms with Crippen molar-refractivity contribution in [2.24, 2.45) is 0 Å². The molecule has 0 bridgehead atoms. The van der Waals surface area contributed by atoms with Crippen LogP contribution in [0.3, 0.4) is 0 Å². The Morgan fingerprint density at radius 1 is 1.25 bits per heavy atom. The predicted octanol–water partition coefficient (Wildman–Crippen LogP) is 1.58. The van der Waals surface area contributed by atoms with E-state index in [1.165, 1.54) is 25.1 Å². The van der Waals surface area contributed by atoms with Gasteiger partial charge < -0.3 is 5.32 Å². The molecule has 0 spiro atoms. The van der Waals surface area contributed by atoms with E-state index in [4.69, 9.17) is 2.74 Å². The first-order valence-corrected chi connectivity index (χ1v) is 4.61. The monoisotopic (exact) mass is 217 g/mol. The van der Waals surface area contributed by atoms with E-state index in [-0.39, 0.29) is 22.7 Å². The molecule has 0 heterocycles. The van der Waals surface area contributed by atoms with Crippen LogP contribution in [0.1, 0.15) is 30.4 Å². The van der Waals surface area contributed by atoms with Gasteiger partial charge in [0.2, 0.25) is 5.91 Å². The molecule has 1 amide bonds. The zero-order valence-electron chi connectivity index (χ0n) is 10.5.